The molecular weight excluding hydrogens is 394 g/mol. The molecule has 2 rings (SSSR count). The highest BCUT2D eigenvalue weighted by Gasteiger charge is 2.25. The monoisotopic (exact) mass is 427 g/mol. The lowest BCUT2D eigenvalue weighted by Crippen LogP contribution is -2.33. The molecule has 1 amide bonds. The summed E-state index contributed by atoms with van der Waals surface area (Å²) in [6, 6.07) is 3.46. The fourth-order valence-corrected chi connectivity index (χ4v) is 5.38. The van der Waals surface area contributed by atoms with Crippen LogP contribution in [-0.4, -0.2) is 48.5 Å². The van der Waals surface area contributed by atoms with Crippen molar-refractivity contribution in [3.63, 3.8) is 0 Å². The molecule has 1 unspecified atom stereocenters. The number of nitrogens with zero attached hydrogens (tertiary/aromatic N) is 2. The van der Waals surface area contributed by atoms with Gasteiger partial charge >= 0.3 is 0 Å². The molecule has 1 aliphatic heterocycles. The van der Waals surface area contributed by atoms with E-state index in [-0.39, 0.29) is 22.6 Å². The van der Waals surface area contributed by atoms with E-state index in [0.717, 1.165) is 38.5 Å². The van der Waals surface area contributed by atoms with Gasteiger partial charge in [0.05, 0.1) is 10.8 Å². The number of carbonyl (C=O) groups is 1. The van der Waals surface area contributed by atoms with Crippen LogP contribution >= 0.6 is 11.8 Å². The van der Waals surface area contributed by atoms with E-state index < -0.39 is 10.0 Å². The third kappa shape index (κ3) is 7.37. The maximum Gasteiger partial charge on any atom is 0.244 e. The number of unbranched alkanes of at least 4 members (excludes halogenated alkanes) is 2. The third-order valence-corrected chi connectivity index (χ3v) is 7.74. The Hall–Kier alpha value is -1.12. The Balaban J connectivity index is 1.84. The van der Waals surface area contributed by atoms with Gasteiger partial charge in [-0.25, -0.2) is 13.4 Å². The van der Waals surface area contributed by atoms with Gasteiger partial charge in [0.25, 0.3) is 0 Å². The highest BCUT2D eigenvalue weighted by molar-refractivity contribution is 7.99. The minimum atomic E-state index is -3.48. The number of pyridine rings is 1. The summed E-state index contributed by atoms with van der Waals surface area (Å²) in [6.45, 7) is 5.35. The fraction of sp³-hybridized carbons (Fsp3) is 0.700. The first kappa shape index (κ1) is 23.2. The minimum absolute atomic E-state index is 0.0166. The summed E-state index contributed by atoms with van der Waals surface area (Å²) >= 11 is 1.33. The van der Waals surface area contributed by atoms with Crippen molar-refractivity contribution in [3.05, 3.63) is 18.3 Å². The Morgan fingerprint density at radius 2 is 1.93 bits per heavy atom. The van der Waals surface area contributed by atoms with Crippen LogP contribution in [0.25, 0.3) is 0 Å². The number of amides is 1. The second-order valence-electron chi connectivity index (χ2n) is 7.40. The number of hydrogen-bond donors (Lipinski definition) is 1. The van der Waals surface area contributed by atoms with Gasteiger partial charge in [-0.1, -0.05) is 50.8 Å². The molecule has 1 aromatic rings. The van der Waals surface area contributed by atoms with Crippen molar-refractivity contribution in [2.75, 3.05) is 18.8 Å². The Kier molecular flexibility index (Phi) is 9.74. The van der Waals surface area contributed by atoms with E-state index in [1.807, 2.05) is 6.92 Å². The largest absolute Gasteiger partial charge is 0.353 e. The molecule has 0 saturated carbocycles. The van der Waals surface area contributed by atoms with Gasteiger partial charge in [-0.15, -0.1) is 0 Å². The second-order valence-corrected chi connectivity index (χ2v) is 10.3. The van der Waals surface area contributed by atoms with E-state index in [1.165, 1.54) is 30.8 Å². The SMILES string of the molecule is CCCCCC(C)NC(=O)CSc1ccc(S(=O)(=O)N2CCCCCC2)cn1. The van der Waals surface area contributed by atoms with Gasteiger partial charge in [-0.3, -0.25) is 4.79 Å². The van der Waals surface area contributed by atoms with Crippen LogP contribution in [-0.2, 0) is 14.8 Å². The van der Waals surface area contributed by atoms with Gasteiger partial charge in [0.15, 0.2) is 0 Å². The molecule has 28 heavy (non-hydrogen) atoms. The zero-order valence-electron chi connectivity index (χ0n) is 17.0. The molecule has 1 fully saturated rings. The lowest BCUT2D eigenvalue weighted by molar-refractivity contribution is -0.119. The Labute approximate surface area is 173 Å². The van der Waals surface area contributed by atoms with Gasteiger partial charge in [0.2, 0.25) is 15.9 Å². The van der Waals surface area contributed by atoms with E-state index >= 15 is 0 Å². The Morgan fingerprint density at radius 3 is 2.54 bits per heavy atom. The molecule has 8 heteroatoms. The Bertz CT molecular complexity index is 700. The topological polar surface area (TPSA) is 79.4 Å². The minimum Gasteiger partial charge on any atom is -0.353 e. The molecule has 0 radical (unpaired) electrons. The summed E-state index contributed by atoms with van der Waals surface area (Å²) in [7, 11) is -3.48. The molecule has 0 aliphatic carbocycles. The van der Waals surface area contributed by atoms with Gasteiger partial charge in [-0.05, 0) is 38.3 Å². The average Bonchev–Trinajstić information content (AvgIpc) is 2.97. The van der Waals surface area contributed by atoms with Crippen LogP contribution in [0, 0.1) is 0 Å². The number of nitrogens with one attached hydrogen (secondary N) is 1. The van der Waals surface area contributed by atoms with Crippen LogP contribution in [0.4, 0.5) is 0 Å². The van der Waals surface area contributed by atoms with Crippen LogP contribution < -0.4 is 5.32 Å². The predicted molar refractivity (Wildman–Crippen MR) is 114 cm³/mol. The standard InChI is InChI=1S/C20H33N3O3S2/c1-3-4-7-10-17(2)22-19(24)16-27-20-12-11-18(15-21-20)28(25,26)23-13-8-5-6-9-14-23/h11-12,15,17H,3-10,13-14,16H2,1-2H3,(H,22,24). The maximum atomic E-state index is 12.8. The van der Waals surface area contributed by atoms with Crippen molar-refractivity contribution in [2.24, 2.45) is 0 Å². The van der Waals surface area contributed by atoms with Crippen molar-refractivity contribution < 1.29 is 13.2 Å². The summed E-state index contributed by atoms with van der Waals surface area (Å²) in [5.74, 6) is 0.264. The smallest absolute Gasteiger partial charge is 0.244 e. The molecule has 2 heterocycles. The van der Waals surface area contributed by atoms with E-state index in [0.29, 0.717) is 18.1 Å². The fourth-order valence-electron chi connectivity index (χ4n) is 3.26. The van der Waals surface area contributed by atoms with Gasteiger partial charge < -0.3 is 5.32 Å². The van der Waals surface area contributed by atoms with Crippen LogP contribution in [0.3, 0.4) is 0 Å². The zero-order valence-corrected chi connectivity index (χ0v) is 18.7. The Morgan fingerprint density at radius 1 is 1.21 bits per heavy atom. The second kappa shape index (κ2) is 11.8. The maximum absolute atomic E-state index is 12.8. The number of aromatic nitrogens is 1. The molecule has 6 nitrogen and oxygen atoms in total. The number of rotatable bonds is 10. The molecule has 1 saturated heterocycles. The number of carbonyl (C=O) groups excluding carboxylic acids is 1. The van der Waals surface area contributed by atoms with Crippen molar-refractivity contribution >= 4 is 27.7 Å². The van der Waals surface area contributed by atoms with Crippen molar-refractivity contribution in [2.45, 2.75) is 81.2 Å². The highest BCUT2D eigenvalue weighted by Crippen LogP contribution is 2.22. The van der Waals surface area contributed by atoms with E-state index in [9.17, 15) is 13.2 Å². The number of thioether (sulfide) groups is 1. The quantitative estimate of drug-likeness (QED) is 0.453. The molecule has 158 valence electrons. The van der Waals surface area contributed by atoms with Crippen molar-refractivity contribution in [3.8, 4) is 0 Å². The van der Waals surface area contributed by atoms with Crippen LogP contribution in [0.15, 0.2) is 28.3 Å². The molecule has 1 aromatic heterocycles. The first-order valence-corrected chi connectivity index (χ1v) is 12.7. The zero-order chi connectivity index (χ0) is 20.4. The van der Waals surface area contributed by atoms with E-state index in [2.05, 4.69) is 17.2 Å². The van der Waals surface area contributed by atoms with Crippen molar-refractivity contribution in [1.29, 1.82) is 0 Å². The van der Waals surface area contributed by atoms with Crippen LogP contribution in [0.1, 0.15) is 65.2 Å². The lowest BCUT2D eigenvalue weighted by atomic mass is 10.1. The molecule has 1 atom stereocenters. The number of hydrogen-bond acceptors (Lipinski definition) is 5. The molecule has 1 N–H and O–H groups in total. The van der Waals surface area contributed by atoms with Gasteiger partial charge in [0.1, 0.15) is 4.90 Å². The first-order valence-electron chi connectivity index (χ1n) is 10.3. The number of sulfonamides is 1. The summed E-state index contributed by atoms with van der Waals surface area (Å²) in [5.41, 5.74) is 0. The predicted octanol–water partition coefficient (Wildman–Crippen LogP) is 3.82. The van der Waals surface area contributed by atoms with Gasteiger partial charge in [0, 0.05) is 25.3 Å². The molecule has 0 aromatic carbocycles. The molecule has 0 spiro atoms. The van der Waals surface area contributed by atoms with Crippen LogP contribution in [0.2, 0.25) is 0 Å². The van der Waals surface area contributed by atoms with Crippen LogP contribution in [0.5, 0.6) is 0 Å². The van der Waals surface area contributed by atoms with Crippen molar-refractivity contribution in [1.82, 2.24) is 14.6 Å². The molecule has 1 aliphatic rings. The summed E-state index contributed by atoms with van der Waals surface area (Å²) in [6.07, 6.45) is 9.87. The normalized spacial score (nSPS) is 17.1. The summed E-state index contributed by atoms with van der Waals surface area (Å²) in [5, 5.41) is 3.66. The third-order valence-electron chi connectivity index (χ3n) is 4.91. The highest BCUT2D eigenvalue weighted by atomic mass is 32.2. The van der Waals surface area contributed by atoms with E-state index in [1.54, 1.807) is 16.4 Å². The first-order chi connectivity index (χ1) is 13.4. The molecule has 0 bridgehead atoms. The summed E-state index contributed by atoms with van der Waals surface area (Å²) < 4.78 is 27.1. The van der Waals surface area contributed by atoms with E-state index in [4.69, 9.17) is 0 Å². The lowest BCUT2D eigenvalue weighted by Gasteiger charge is -2.19. The summed E-state index contributed by atoms with van der Waals surface area (Å²) in [4.78, 5) is 16.5. The van der Waals surface area contributed by atoms with Gasteiger partial charge in [-0.2, -0.15) is 4.31 Å². The molecular formula is C20H33N3O3S2. The average molecular weight is 428 g/mol.